The molecule has 0 saturated heterocycles. The number of carboxylic acid groups (broad SMARTS) is 1. The van der Waals surface area contributed by atoms with Gasteiger partial charge in [0.1, 0.15) is 0 Å². The zero-order valence-corrected chi connectivity index (χ0v) is 16.4. The molecule has 0 bridgehead atoms. The fraction of sp³-hybridized carbons (Fsp3) is 0.773. The molecule has 0 heterocycles. The van der Waals surface area contributed by atoms with Gasteiger partial charge < -0.3 is 15.3 Å². The van der Waals surface area contributed by atoms with Crippen LogP contribution in [0.3, 0.4) is 0 Å². The first-order valence-corrected chi connectivity index (χ1v) is 10.5. The molecule has 3 N–H and O–H groups in total. The van der Waals surface area contributed by atoms with Crippen molar-refractivity contribution >= 4 is 5.97 Å². The van der Waals surface area contributed by atoms with Crippen molar-refractivity contribution in [2.75, 3.05) is 0 Å². The monoisotopic (exact) mass is 366 g/mol. The molecular formula is C22H38O4. The molecule has 1 rings (SSSR count). The number of rotatable bonds is 14. The lowest BCUT2D eigenvalue weighted by Gasteiger charge is -2.19. The molecular weight excluding hydrogens is 328 g/mol. The average Bonchev–Trinajstić information content (AvgIpc) is 2.86. The summed E-state index contributed by atoms with van der Waals surface area (Å²) < 4.78 is 0. The fourth-order valence-corrected chi connectivity index (χ4v) is 3.74. The summed E-state index contributed by atoms with van der Waals surface area (Å²) in [6, 6.07) is 0. The highest BCUT2D eigenvalue weighted by Gasteiger charge is 2.39. The zero-order chi connectivity index (χ0) is 19.2. The van der Waals surface area contributed by atoms with E-state index in [1.807, 2.05) is 12.2 Å². The third-order valence-electron chi connectivity index (χ3n) is 5.33. The number of unbranched alkanes of at least 4 members (excludes halogenated alkanes) is 7. The molecule has 0 radical (unpaired) electrons. The Balaban J connectivity index is 2.31. The van der Waals surface area contributed by atoms with Gasteiger partial charge in [-0.15, -0.1) is 0 Å². The standard InChI is InChI=1S/C22H38O4/c1-2-3-4-5-6-7-8-11-14-18-19(21(24)17-20(18)23)15-12-9-10-13-16-22(25)26/h9,11-12,14,18-21,23-24H,2-8,10,13,15-17H2,1H3,(H,25,26)/b12-9-,14-11+/t18-,19-,20-,21+/m1/s1. The summed E-state index contributed by atoms with van der Waals surface area (Å²) in [5.41, 5.74) is 0. The Hall–Kier alpha value is -1.13. The summed E-state index contributed by atoms with van der Waals surface area (Å²) in [7, 11) is 0. The van der Waals surface area contributed by atoms with Gasteiger partial charge in [0.05, 0.1) is 12.2 Å². The quantitative estimate of drug-likeness (QED) is 0.303. The van der Waals surface area contributed by atoms with Gasteiger partial charge in [-0.25, -0.2) is 0 Å². The van der Waals surface area contributed by atoms with Crippen molar-refractivity contribution in [2.45, 2.75) is 96.2 Å². The molecule has 0 aromatic heterocycles. The summed E-state index contributed by atoms with van der Waals surface area (Å²) >= 11 is 0. The summed E-state index contributed by atoms with van der Waals surface area (Å²) in [4.78, 5) is 10.5. The molecule has 1 saturated carbocycles. The average molecular weight is 367 g/mol. The Morgan fingerprint density at radius 3 is 2.35 bits per heavy atom. The Labute approximate surface area is 159 Å². The van der Waals surface area contributed by atoms with E-state index in [4.69, 9.17) is 5.11 Å². The minimum atomic E-state index is -0.761. The van der Waals surface area contributed by atoms with Gasteiger partial charge in [0.2, 0.25) is 0 Å². The van der Waals surface area contributed by atoms with E-state index in [9.17, 15) is 15.0 Å². The van der Waals surface area contributed by atoms with Crippen molar-refractivity contribution in [3.05, 3.63) is 24.3 Å². The molecule has 0 aromatic rings. The maximum Gasteiger partial charge on any atom is 0.303 e. The summed E-state index contributed by atoms with van der Waals surface area (Å²) in [6.07, 6.45) is 18.9. The minimum Gasteiger partial charge on any atom is -0.481 e. The van der Waals surface area contributed by atoms with Crippen LogP contribution in [-0.2, 0) is 4.79 Å². The lowest BCUT2D eigenvalue weighted by Crippen LogP contribution is -2.19. The summed E-state index contributed by atoms with van der Waals surface area (Å²) in [6.45, 7) is 2.23. The van der Waals surface area contributed by atoms with Gasteiger partial charge in [-0.2, -0.15) is 0 Å². The molecule has 0 spiro atoms. The Kier molecular flexibility index (Phi) is 12.3. The lowest BCUT2D eigenvalue weighted by molar-refractivity contribution is -0.137. The first-order valence-electron chi connectivity index (χ1n) is 10.5. The zero-order valence-electron chi connectivity index (χ0n) is 16.4. The van der Waals surface area contributed by atoms with Crippen LogP contribution in [0.25, 0.3) is 0 Å². The van der Waals surface area contributed by atoms with Crippen LogP contribution in [0.4, 0.5) is 0 Å². The SMILES string of the molecule is CCCCCCCC/C=C/[C@@H]1[C@@H](C/C=C\CCCC(=O)O)[C@@H](O)C[C@H]1O. The van der Waals surface area contributed by atoms with E-state index in [-0.39, 0.29) is 18.3 Å². The second-order valence-corrected chi connectivity index (χ2v) is 7.59. The number of aliphatic hydroxyl groups is 2. The predicted molar refractivity (Wildman–Crippen MR) is 106 cm³/mol. The van der Waals surface area contributed by atoms with Gasteiger partial charge in [0.25, 0.3) is 0 Å². The Morgan fingerprint density at radius 1 is 0.923 bits per heavy atom. The molecule has 0 amide bonds. The number of aliphatic carboxylic acids is 1. The van der Waals surface area contributed by atoms with Gasteiger partial charge in [-0.1, -0.05) is 63.3 Å². The van der Waals surface area contributed by atoms with Crippen LogP contribution >= 0.6 is 0 Å². The highest BCUT2D eigenvalue weighted by Crippen LogP contribution is 2.36. The van der Waals surface area contributed by atoms with Crippen LogP contribution in [0.5, 0.6) is 0 Å². The van der Waals surface area contributed by atoms with Crippen LogP contribution in [0.2, 0.25) is 0 Å². The van der Waals surface area contributed by atoms with Crippen molar-refractivity contribution in [3.8, 4) is 0 Å². The lowest BCUT2D eigenvalue weighted by atomic mass is 9.89. The van der Waals surface area contributed by atoms with E-state index in [0.29, 0.717) is 12.8 Å². The van der Waals surface area contributed by atoms with Crippen LogP contribution in [0.15, 0.2) is 24.3 Å². The predicted octanol–water partition coefficient (Wildman–Crippen LogP) is 4.85. The van der Waals surface area contributed by atoms with E-state index in [2.05, 4.69) is 19.1 Å². The number of hydrogen-bond acceptors (Lipinski definition) is 3. The minimum absolute atomic E-state index is 0.0220. The maximum absolute atomic E-state index is 10.5. The highest BCUT2D eigenvalue weighted by atomic mass is 16.4. The molecule has 1 aliphatic carbocycles. The van der Waals surface area contributed by atoms with E-state index in [1.165, 1.54) is 38.5 Å². The molecule has 4 atom stereocenters. The molecule has 1 aliphatic rings. The van der Waals surface area contributed by atoms with Gasteiger partial charge in [0, 0.05) is 18.8 Å². The van der Waals surface area contributed by atoms with E-state index >= 15 is 0 Å². The van der Waals surface area contributed by atoms with Crippen LogP contribution in [-0.4, -0.2) is 33.5 Å². The molecule has 4 heteroatoms. The number of hydrogen-bond donors (Lipinski definition) is 3. The van der Waals surface area contributed by atoms with Crippen LogP contribution in [0, 0.1) is 11.8 Å². The van der Waals surface area contributed by atoms with Crippen molar-refractivity contribution in [2.24, 2.45) is 11.8 Å². The molecule has 0 aromatic carbocycles. The molecule has 4 nitrogen and oxygen atoms in total. The van der Waals surface area contributed by atoms with Crippen molar-refractivity contribution in [1.29, 1.82) is 0 Å². The second-order valence-electron chi connectivity index (χ2n) is 7.59. The first-order chi connectivity index (χ1) is 12.6. The molecule has 0 aliphatic heterocycles. The van der Waals surface area contributed by atoms with E-state index in [1.54, 1.807) is 0 Å². The fourth-order valence-electron chi connectivity index (χ4n) is 3.74. The summed E-state index contributed by atoms with van der Waals surface area (Å²) in [5.74, 6) is -0.682. The third-order valence-corrected chi connectivity index (χ3v) is 5.33. The van der Waals surface area contributed by atoms with Crippen molar-refractivity contribution in [3.63, 3.8) is 0 Å². The number of allylic oxidation sites excluding steroid dienone is 3. The van der Waals surface area contributed by atoms with Gasteiger partial charge in [-0.3, -0.25) is 4.79 Å². The normalized spacial score (nSPS) is 26.3. The van der Waals surface area contributed by atoms with Gasteiger partial charge in [-0.05, 0) is 38.0 Å². The summed E-state index contributed by atoms with van der Waals surface area (Å²) in [5, 5.41) is 29.1. The number of carboxylic acids is 1. The number of carbonyl (C=O) groups is 1. The van der Waals surface area contributed by atoms with E-state index in [0.717, 1.165) is 19.3 Å². The largest absolute Gasteiger partial charge is 0.481 e. The second kappa shape index (κ2) is 14.0. The van der Waals surface area contributed by atoms with Crippen LogP contribution in [0.1, 0.15) is 84.0 Å². The third kappa shape index (κ3) is 9.54. The first kappa shape index (κ1) is 22.9. The molecule has 1 fully saturated rings. The number of aliphatic hydroxyl groups excluding tert-OH is 2. The molecule has 0 unspecified atom stereocenters. The van der Waals surface area contributed by atoms with Gasteiger partial charge in [0.15, 0.2) is 0 Å². The van der Waals surface area contributed by atoms with E-state index < -0.39 is 18.2 Å². The van der Waals surface area contributed by atoms with Crippen LogP contribution < -0.4 is 0 Å². The van der Waals surface area contributed by atoms with Crippen molar-refractivity contribution in [1.82, 2.24) is 0 Å². The Morgan fingerprint density at radius 2 is 1.62 bits per heavy atom. The Bertz CT molecular complexity index is 430. The smallest absolute Gasteiger partial charge is 0.303 e. The maximum atomic E-state index is 10.5. The highest BCUT2D eigenvalue weighted by molar-refractivity contribution is 5.66. The molecule has 150 valence electrons. The van der Waals surface area contributed by atoms with Gasteiger partial charge >= 0.3 is 5.97 Å². The molecule has 26 heavy (non-hydrogen) atoms. The topological polar surface area (TPSA) is 77.8 Å². The van der Waals surface area contributed by atoms with Crippen molar-refractivity contribution < 1.29 is 20.1 Å².